The molecule has 0 N–H and O–H groups in total. The van der Waals surface area contributed by atoms with Crippen molar-refractivity contribution >= 4 is 11.6 Å². The summed E-state index contributed by atoms with van der Waals surface area (Å²) in [6.45, 7) is 4.74. The summed E-state index contributed by atoms with van der Waals surface area (Å²) in [5.74, 6) is 2.40. The number of ketones is 2. The normalized spacial score (nSPS) is 49.2. The van der Waals surface area contributed by atoms with Crippen molar-refractivity contribution in [1.82, 2.24) is 0 Å². The summed E-state index contributed by atoms with van der Waals surface area (Å²) in [7, 11) is 0. The summed E-state index contributed by atoms with van der Waals surface area (Å²) in [6.07, 6.45) is 10.5. The molecule has 4 aliphatic carbocycles. The van der Waals surface area contributed by atoms with E-state index in [1.807, 2.05) is 0 Å². The standard InChI is InChI=1S/C19H26O2/c1-18-7-3-4-14(18)13-11-17(21)16-10-12(20)5-9-19(16,2)15(13)6-8-18/h10,13-15H,3-9,11H2,1-2H3. The minimum absolute atomic E-state index is 0.0160. The second-order valence-electron chi connectivity index (χ2n) is 8.53. The van der Waals surface area contributed by atoms with Crippen LogP contribution in [0.5, 0.6) is 0 Å². The van der Waals surface area contributed by atoms with Gasteiger partial charge in [0.25, 0.3) is 0 Å². The highest BCUT2D eigenvalue weighted by molar-refractivity contribution is 6.05. The third-order valence-electron chi connectivity index (χ3n) is 7.57. The monoisotopic (exact) mass is 286 g/mol. The predicted molar refractivity (Wildman–Crippen MR) is 81.7 cm³/mol. The fourth-order valence-electron chi connectivity index (χ4n) is 6.38. The van der Waals surface area contributed by atoms with Crippen LogP contribution in [0.15, 0.2) is 11.6 Å². The van der Waals surface area contributed by atoms with Gasteiger partial charge in [0.1, 0.15) is 0 Å². The second kappa shape index (κ2) is 4.30. The lowest BCUT2D eigenvalue weighted by molar-refractivity contribution is -0.130. The molecule has 0 aliphatic heterocycles. The molecule has 0 aromatic heterocycles. The maximum Gasteiger partial charge on any atom is 0.159 e. The SMILES string of the molecule is CC12CCCC1C1CC(=O)C3=CC(=O)CCC3(C)C1CC2. The highest BCUT2D eigenvalue weighted by Gasteiger charge is 2.58. The quantitative estimate of drug-likeness (QED) is 0.672. The summed E-state index contributed by atoms with van der Waals surface area (Å²) >= 11 is 0. The van der Waals surface area contributed by atoms with Gasteiger partial charge in [0.15, 0.2) is 11.6 Å². The molecule has 0 aromatic rings. The summed E-state index contributed by atoms with van der Waals surface area (Å²) in [5.41, 5.74) is 1.35. The van der Waals surface area contributed by atoms with E-state index in [0.717, 1.165) is 17.9 Å². The molecule has 0 aromatic carbocycles. The Morgan fingerprint density at radius 3 is 2.67 bits per heavy atom. The van der Waals surface area contributed by atoms with Crippen molar-refractivity contribution in [2.75, 3.05) is 0 Å². The predicted octanol–water partition coefficient (Wildman–Crippen LogP) is 4.09. The number of carbonyl (C=O) groups is 2. The number of Topliss-reactive ketones (excluding diaryl/α,β-unsaturated/α-hetero) is 1. The Bertz CT molecular complexity index is 546. The van der Waals surface area contributed by atoms with Crippen LogP contribution >= 0.6 is 0 Å². The van der Waals surface area contributed by atoms with Gasteiger partial charge in [0.05, 0.1) is 0 Å². The third-order valence-corrected chi connectivity index (χ3v) is 7.57. The number of allylic oxidation sites excluding steroid dienone is 1. The van der Waals surface area contributed by atoms with Gasteiger partial charge in [-0.15, -0.1) is 0 Å². The number of rotatable bonds is 0. The van der Waals surface area contributed by atoms with Crippen molar-refractivity contribution in [3.05, 3.63) is 11.6 Å². The Kier molecular flexibility index (Phi) is 2.81. The first-order valence-electron chi connectivity index (χ1n) is 8.72. The van der Waals surface area contributed by atoms with E-state index in [0.29, 0.717) is 30.1 Å². The van der Waals surface area contributed by atoms with Gasteiger partial charge in [0.2, 0.25) is 0 Å². The van der Waals surface area contributed by atoms with E-state index in [2.05, 4.69) is 13.8 Å². The molecular weight excluding hydrogens is 260 g/mol. The van der Waals surface area contributed by atoms with E-state index < -0.39 is 0 Å². The Morgan fingerprint density at radius 1 is 1.05 bits per heavy atom. The van der Waals surface area contributed by atoms with E-state index in [1.165, 1.54) is 32.1 Å². The Balaban J connectivity index is 1.75. The lowest BCUT2D eigenvalue weighted by atomic mass is 9.47. The number of hydrogen-bond donors (Lipinski definition) is 0. The largest absolute Gasteiger partial charge is 0.295 e. The van der Waals surface area contributed by atoms with Gasteiger partial charge in [-0.3, -0.25) is 9.59 Å². The zero-order chi connectivity index (χ0) is 14.8. The first-order valence-corrected chi connectivity index (χ1v) is 8.72. The topological polar surface area (TPSA) is 34.1 Å². The molecule has 2 nitrogen and oxygen atoms in total. The molecule has 4 aliphatic rings. The second-order valence-corrected chi connectivity index (χ2v) is 8.53. The minimum atomic E-state index is -0.0160. The van der Waals surface area contributed by atoms with E-state index in [9.17, 15) is 9.59 Å². The Hall–Kier alpha value is -0.920. The molecule has 0 saturated heterocycles. The molecule has 4 rings (SSSR count). The van der Waals surface area contributed by atoms with Gasteiger partial charge in [-0.05, 0) is 66.8 Å². The van der Waals surface area contributed by atoms with Gasteiger partial charge < -0.3 is 0 Å². The van der Waals surface area contributed by atoms with Crippen molar-refractivity contribution in [3.8, 4) is 0 Å². The molecule has 5 atom stereocenters. The molecule has 0 radical (unpaired) electrons. The van der Waals surface area contributed by atoms with Crippen LogP contribution in [0.25, 0.3) is 0 Å². The van der Waals surface area contributed by atoms with Crippen molar-refractivity contribution < 1.29 is 9.59 Å². The molecule has 0 amide bonds. The fourth-order valence-corrected chi connectivity index (χ4v) is 6.38. The van der Waals surface area contributed by atoms with Crippen LogP contribution in [0.2, 0.25) is 0 Å². The van der Waals surface area contributed by atoms with Crippen LogP contribution < -0.4 is 0 Å². The van der Waals surface area contributed by atoms with Crippen molar-refractivity contribution in [3.63, 3.8) is 0 Å². The molecule has 0 heterocycles. The van der Waals surface area contributed by atoms with Gasteiger partial charge in [-0.25, -0.2) is 0 Å². The minimum Gasteiger partial charge on any atom is -0.295 e. The average Bonchev–Trinajstić information content (AvgIpc) is 2.83. The van der Waals surface area contributed by atoms with Crippen LogP contribution in [-0.4, -0.2) is 11.6 Å². The lowest BCUT2D eigenvalue weighted by Gasteiger charge is -2.56. The molecule has 2 heteroatoms. The molecule has 3 saturated carbocycles. The molecule has 21 heavy (non-hydrogen) atoms. The highest BCUT2D eigenvalue weighted by atomic mass is 16.1. The molecule has 3 fully saturated rings. The van der Waals surface area contributed by atoms with E-state index >= 15 is 0 Å². The molecule has 0 bridgehead atoms. The highest BCUT2D eigenvalue weighted by Crippen LogP contribution is 2.64. The van der Waals surface area contributed by atoms with E-state index in [4.69, 9.17) is 0 Å². The fraction of sp³-hybridized carbons (Fsp3) is 0.789. The van der Waals surface area contributed by atoms with Crippen LogP contribution in [0.1, 0.15) is 65.2 Å². The van der Waals surface area contributed by atoms with Gasteiger partial charge in [0, 0.05) is 18.4 Å². The van der Waals surface area contributed by atoms with Crippen molar-refractivity contribution in [1.29, 1.82) is 0 Å². The van der Waals surface area contributed by atoms with Crippen molar-refractivity contribution in [2.45, 2.75) is 65.2 Å². The average molecular weight is 286 g/mol. The molecule has 114 valence electrons. The Morgan fingerprint density at radius 2 is 1.86 bits per heavy atom. The molecule has 0 spiro atoms. The third kappa shape index (κ3) is 1.77. The van der Waals surface area contributed by atoms with Crippen LogP contribution in [-0.2, 0) is 9.59 Å². The summed E-state index contributed by atoms with van der Waals surface area (Å²) in [5, 5.41) is 0. The van der Waals surface area contributed by atoms with E-state index in [1.54, 1.807) is 6.08 Å². The van der Waals surface area contributed by atoms with Gasteiger partial charge >= 0.3 is 0 Å². The lowest BCUT2D eigenvalue weighted by Crippen LogP contribution is -2.51. The number of carbonyl (C=O) groups excluding carboxylic acids is 2. The first kappa shape index (κ1) is 13.7. The van der Waals surface area contributed by atoms with E-state index in [-0.39, 0.29) is 17.0 Å². The van der Waals surface area contributed by atoms with Crippen molar-refractivity contribution in [2.24, 2.45) is 28.6 Å². The summed E-state index contributed by atoms with van der Waals surface area (Å²) in [4.78, 5) is 24.5. The number of fused-ring (bicyclic) bond motifs is 5. The Labute approximate surface area is 127 Å². The first-order chi connectivity index (χ1) is 9.94. The van der Waals surface area contributed by atoms with Gasteiger partial charge in [-0.2, -0.15) is 0 Å². The summed E-state index contributed by atoms with van der Waals surface area (Å²) in [6, 6.07) is 0. The maximum absolute atomic E-state index is 12.7. The van der Waals surface area contributed by atoms with Crippen LogP contribution in [0.3, 0.4) is 0 Å². The van der Waals surface area contributed by atoms with Gasteiger partial charge in [-0.1, -0.05) is 20.3 Å². The zero-order valence-corrected chi connectivity index (χ0v) is 13.3. The zero-order valence-electron chi connectivity index (χ0n) is 13.3. The summed E-state index contributed by atoms with van der Waals surface area (Å²) < 4.78 is 0. The molecular formula is C19H26O2. The maximum atomic E-state index is 12.7. The smallest absolute Gasteiger partial charge is 0.159 e. The number of hydrogen-bond acceptors (Lipinski definition) is 2. The molecule has 5 unspecified atom stereocenters. The van der Waals surface area contributed by atoms with Crippen LogP contribution in [0.4, 0.5) is 0 Å². The van der Waals surface area contributed by atoms with Crippen LogP contribution in [0, 0.1) is 28.6 Å².